The average molecular weight is 402 g/mol. The lowest BCUT2D eigenvalue weighted by atomic mass is 10.1. The van der Waals surface area contributed by atoms with Crippen molar-refractivity contribution < 1.29 is 9.47 Å². The molecule has 0 aliphatic carbocycles. The number of thioether (sulfide) groups is 1. The Morgan fingerprint density at radius 2 is 1.85 bits per heavy atom. The van der Waals surface area contributed by atoms with Gasteiger partial charge in [-0.15, -0.1) is 10.2 Å². The number of benzene rings is 2. The Labute approximate surface area is 168 Å². The van der Waals surface area contributed by atoms with E-state index in [2.05, 4.69) is 46.7 Å². The molecular formula is C20H23N3O2S2. The minimum atomic E-state index is 0.744. The van der Waals surface area contributed by atoms with Gasteiger partial charge in [0.1, 0.15) is 0 Å². The van der Waals surface area contributed by atoms with E-state index in [1.165, 1.54) is 16.7 Å². The molecule has 0 spiro atoms. The molecule has 142 valence electrons. The third-order valence-electron chi connectivity index (χ3n) is 3.99. The van der Waals surface area contributed by atoms with Crippen molar-refractivity contribution in [3.63, 3.8) is 0 Å². The summed E-state index contributed by atoms with van der Waals surface area (Å²) in [6, 6.07) is 14.5. The van der Waals surface area contributed by atoms with Crippen LogP contribution >= 0.6 is 23.1 Å². The van der Waals surface area contributed by atoms with Crippen LogP contribution in [0.2, 0.25) is 0 Å². The van der Waals surface area contributed by atoms with Crippen molar-refractivity contribution in [2.75, 3.05) is 26.1 Å². The van der Waals surface area contributed by atoms with Crippen LogP contribution < -0.4 is 14.8 Å². The van der Waals surface area contributed by atoms with Crippen LogP contribution in [0.5, 0.6) is 11.5 Å². The summed E-state index contributed by atoms with van der Waals surface area (Å²) in [5.41, 5.74) is 3.76. The fourth-order valence-electron chi connectivity index (χ4n) is 2.64. The van der Waals surface area contributed by atoms with Gasteiger partial charge in [0.15, 0.2) is 15.8 Å². The van der Waals surface area contributed by atoms with Crippen LogP contribution in [0.4, 0.5) is 5.13 Å². The molecule has 0 saturated carbocycles. The third kappa shape index (κ3) is 5.61. The van der Waals surface area contributed by atoms with Crippen molar-refractivity contribution in [2.45, 2.75) is 23.4 Å². The third-order valence-corrected chi connectivity index (χ3v) is 6.07. The molecule has 2 aromatic carbocycles. The molecule has 1 aromatic heterocycles. The van der Waals surface area contributed by atoms with Crippen LogP contribution in [0.15, 0.2) is 46.8 Å². The molecule has 0 aliphatic heterocycles. The molecule has 3 rings (SSSR count). The number of aromatic nitrogens is 2. The fourth-order valence-corrected chi connectivity index (χ4v) is 4.36. The highest BCUT2D eigenvalue weighted by atomic mass is 32.2. The maximum atomic E-state index is 5.35. The quantitative estimate of drug-likeness (QED) is 0.519. The van der Waals surface area contributed by atoms with Crippen LogP contribution in [0, 0.1) is 6.92 Å². The van der Waals surface area contributed by atoms with Gasteiger partial charge in [-0.05, 0) is 36.6 Å². The molecule has 3 aromatic rings. The SMILES string of the molecule is COc1ccc(CCNc2nnc(SCc3cccc(C)c3)s2)cc1OC. The summed E-state index contributed by atoms with van der Waals surface area (Å²) < 4.78 is 11.6. The first-order valence-corrected chi connectivity index (χ1v) is 10.4. The number of methoxy groups -OCH3 is 2. The van der Waals surface area contributed by atoms with Crippen LogP contribution in [-0.4, -0.2) is 31.0 Å². The summed E-state index contributed by atoms with van der Waals surface area (Å²) >= 11 is 3.31. The zero-order valence-corrected chi connectivity index (χ0v) is 17.3. The fraction of sp³-hybridized carbons (Fsp3) is 0.300. The van der Waals surface area contributed by atoms with Gasteiger partial charge >= 0.3 is 0 Å². The summed E-state index contributed by atoms with van der Waals surface area (Å²) in [6.07, 6.45) is 0.867. The van der Waals surface area contributed by atoms with E-state index >= 15 is 0 Å². The Hall–Kier alpha value is -2.25. The van der Waals surface area contributed by atoms with E-state index in [1.54, 1.807) is 37.3 Å². The molecule has 0 radical (unpaired) electrons. The Kier molecular flexibility index (Phi) is 6.95. The van der Waals surface area contributed by atoms with Gasteiger partial charge in [-0.1, -0.05) is 59.0 Å². The second-order valence-corrected chi connectivity index (χ2v) is 8.22. The summed E-state index contributed by atoms with van der Waals surface area (Å²) in [5.74, 6) is 2.40. The smallest absolute Gasteiger partial charge is 0.206 e. The molecule has 0 fully saturated rings. The van der Waals surface area contributed by atoms with Crippen LogP contribution in [-0.2, 0) is 12.2 Å². The van der Waals surface area contributed by atoms with Gasteiger partial charge in [0.2, 0.25) is 5.13 Å². The minimum Gasteiger partial charge on any atom is -0.493 e. The topological polar surface area (TPSA) is 56.3 Å². The molecule has 0 aliphatic rings. The molecule has 1 heterocycles. The van der Waals surface area contributed by atoms with Crippen molar-refractivity contribution >= 4 is 28.2 Å². The Morgan fingerprint density at radius 3 is 2.63 bits per heavy atom. The number of hydrogen-bond acceptors (Lipinski definition) is 7. The van der Waals surface area contributed by atoms with Gasteiger partial charge < -0.3 is 14.8 Å². The first-order valence-electron chi connectivity index (χ1n) is 8.64. The van der Waals surface area contributed by atoms with Crippen molar-refractivity contribution in [2.24, 2.45) is 0 Å². The van der Waals surface area contributed by atoms with Gasteiger partial charge in [0.05, 0.1) is 14.2 Å². The molecule has 0 unspecified atom stereocenters. The number of nitrogens with zero attached hydrogens (tertiary/aromatic N) is 2. The number of aryl methyl sites for hydroxylation is 1. The van der Waals surface area contributed by atoms with Crippen molar-refractivity contribution in [3.8, 4) is 11.5 Å². The maximum Gasteiger partial charge on any atom is 0.206 e. The van der Waals surface area contributed by atoms with E-state index in [4.69, 9.17) is 9.47 Å². The first kappa shape index (κ1) is 19.5. The lowest BCUT2D eigenvalue weighted by Gasteiger charge is -2.09. The number of anilines is 1. The summed E-state index contributed by atoms with van der Waals surface area (Å²) in [7, 11) is 3.29. The van der Waals surface area contributed by atoms with Crippen LogP contribution in [0.25, 0.3) is 0 Å². The Morgan fingerprint density at radius 1 is 1.00 bits per heavy atom. The summed E-state index contributed by atoms with van der Waals surface area (Å²) in [6.45, 7) is 2.90. The van der Waals surface area contributed by atoms with Gasteiger partial charge in [-0.3, -0.25) is 0 Å². The molecular weight excluding hydrogens is 378 g/mol. The standard InChI is InChI=1S/C20H23N3O2S2/c1-14-5-4-6-16(11-14)13-26-20-23-22-19(27-20)21-10-9-15-7-8-17(24-2)18(12-15)25-3/h4-8,11-12H,9-10,13H2,1-3H3,(H,21,22). The molecule has 5 nitrogen and oxygen atoms in total. The van der Waals surface area contributed by atoms with Gasteiger partial charge in [-0.25, -0.2) is 0 Å². The maximum absolute atomic E-state index is 5.35. The zero-order chi connectivity index (χ0) is 19.1. The van der Waals surface area contributed by atoms with Crippen LogP contribution in [0.1, 0.15) is 16.7 Å². The zero-order valence-electron chi connectivity index (χ0n) is 15.7. The lowest BCUT2D eigenvalue weighted by molar-refractivity contribution is 0.354. The predicted octanol–water partition coefficient (Wildman–Crippen LogP) is 4.81. The summed E-state index contributed by atoms with van der Waals surface area (Å²) in [5, 5.41) is 12.7. The van der Waals surface area contributed by atoms with Crippen LogP contribution in [0.3, 0.4) is 0 Å². The monoisotopic (exact) mass is 401 g/mol. The number of rotatable bonds is 9. The average Bonchev–Trinajstić information content (AvgIpc) is 3.14. The van der Waals surface area contributed by atoms with Crippen molar-refractivity contribution in [1.82, 2.24) is 10.2 Å². The van der Waals surface area contributed by atoms with E-state index in [9.17, 15) is 0 Å². The highest BCUT2D eigenvalue weighted by molar-refractivity contribution is 8.00. The first-order chi connectivity index (χ1) is 13.2. The second kappa shape index (κ2) is 9.62. The van der Waals surface area contributed by atoms with Gasteiger partial charge in [-0.2, -0.15) is 0 Å². The molecule has 27 heavy (non-hydrogen) atoms. The molecule has 0 bridgehead atoms. The Bertz CT molecular complexity index is 883. The molecule has 0 saturated heterocycles. The van der Waals surface area contributed by atoms with E-state index in [0.29, 0.717) is 0 Å². The molecule has 0 atom stereocenters. The second-order valence-electron chi connectivity index (χ2n) is 6.02. The minimum absolute atomic E-state index is 0.744. The highest BCUT2D eigenvalue weighted by Crippen LogP contribution is 2.29. The molecule has 7 heteroatoms. The van der Waals surface area contributed by atoms with E-state index < -0.39 is 0 Å². The summed E-state index contributed by atoms with van der Waals surface area (Å²) in [4.78, 5) is 0. The Balaban J connectivity index is 1.48. The normalized spacial score (nSPS) is 10.6. The van der Waals surface area contributed by atoms with E-state index in [1.807, 2.05) is 18.2 Å². The van der Waals surface area contributed by atoms with Crippen molar-refractivity contribution in [3.05, 3.63) is 59.2 Å². The number of hydrogen-bond donors (Lipinski definition) is 1. The number of ether oxygens (including phenoxy) is 2. The molecule has 0 amide bonds. The van der Waals surface area contributed by atoms with Crippen molar-refractivity contribution in [1.29, 1.82) is 0 Å². The van der Waals surface area contributed by atoms with E-state index in [-0.39, 0.29) is 0 Å². The lowest BCUT2D eigenvalue weighted by Crippen LogP contribution is -2.04. The predicted molar refractivity (Wildman–Crippen MR) is 112 cm³/mol. The highest BCUT2D eigenvalue weighted by Gasteiger charge is 2.07. The molecule has 1 N–H and O–H groups in total. The largest absolute Gasteiger partial charge is 0.493 e. The van der Waals surface area contributed by atoms with Gasteiger partial charge in [0.25, 0.3) is 0 Å². The number of nitrogens with one attached hydrogen (secondary N) is 1. The van der Waals surface area contributed by atoms with Gasteiger partial charge in [0, 0.05) is 12.3 Å². The van der Waals surface area contributed by atoms with E-state index in [0.717, 1.165) is 39.7 Å².